The maximum absolute atomic E-state index is 13.4. The van der Waals surface area contributed by atoms with Gasteiger partial charge in [0.25, 0.3) is 0 Å². The molecule has 0 saturated heterocycles. The number of aromatic nitrogens is 3. The maximum atomic E-state index is 13.4. The lowest BCUT2D eigenvalue weighted by molar-refractivity contribution is -0.136. The molecule has 0 spiro atoms. The number of fused-ring (bicyclic) bond motifs is 6. The van der Waals surface area contributed by atoms with Crippen LogP contribution in [0.1, 0.15) is 57.2 Å². The van der Waals surface area contributed by atoms with Crippen molar-refractivity contribution in [2.75, 3.05) is 12.4 Å². The predicted molar refractivity (Wildman–Crippen MR) is 137 cm³/mol. The fraction of sp³-hybridized carbons (Fsp3) is 0.607. The van der Waals surface area contributed by atoms with Gasteiger partial charge in [0, 0.05) is 11.7 Å². The van der Waals surface area contributed by atoms with Crippen LogP contribution in [0.25, 0.3) is 11.8 Å². The molecule has 0 amide bonds. The zero-order chi connectivity index (χ0) is 25.2. The standard InChI is InChI=1S/C28H34FN3O3S/c1-27-12-16-14-31-32(18-4-8-24(29)30-15-18)22(16)11-17(27)3-5-19-20-6-7-21(26(35)36-10-9-33)28(20,2)13-23(34)25(19)27/h4,8,11,14-15,19-21,23,25,33-34H,3,5-7,9-10,12-13H2,1-2H3/t19-,20-,21?,23-,25+,27-,28+/m0/s1. The van der Waals surface area contributed by atoms with Crippen molar-refractivity contribution < 1.29 is 19.4 Å². The van der Waals surface area contributed by atoms with Crippen molar-refractivity contribution in [2.24, 2.45) is 34.5 Å². The zero-order valence-corrected chi connectivity index (χ0v) is 21.7. The molecule has 8 heteroatoms. The second kappa shape index (κ2) is 8.77. The van der Waals surface area contributed by atoms with Crippen LogP contribution in [0.5, 0.6) is 0 Å². The van der Waals surface area contributed by atoms with Gasteiger partial charge in [-0.1, -0.05) is 31.2 Å². The van der Waals surface area contributed by atoms with Crippen molar-refractivity contribution in [3.8, 4) is 5.69 Å². The Kier molecular flexibility index (Phi) is 5.93. The number of carbonyl (C=O) groups is 1. The molecule has 0 aromatic carbocycles. The molecule has 6 nitrogen and oxygen atoms in total. The largest absolute Gasteiger partial charge is 0.396 e. The van der Waals surface area contributed by atoms with E-state index in [0.29, 0.717) is 24.0 Å². The van der Waals surface area contributed by atoms with E-state index in [2.05, 4.69) is 30.0 Å². The van der Waals surface area contributed by atoms with Crippen LogP contribution in [-0.2, 0) is 11.2 Å². The fourth-order valence-corrected chi connectivity index (χ4v) is 9.40. The average molecular weight is 512 g/mol. The van der Waals surface area contributed by atoms with E-state index >= 15 is 0 Å². The summed E-state index contributed by atoms with van der Waals surface area (Å²) < 4.78 is 15.2. The van der Waals surface area contributed by atoms with Crippen LogP contribution in [0.3, 0.4) is 0 Å². The Bertz CT molecular complexity index is 1210. The Balaban J connectivity index is 1.31. The van der Waals surface area contributed by atoms with E-state index in [-0.39, 0.29) is 34.4 Å². The van der Waals surface area contributed by atoms with Crippen LogP contribution in [0, 0.1) is 40.4 Å². The Hall–Kier alpha value is -2.03. The summed E-state index contributed by atoms with van der Waals surface area (Å²) in [4.78, 5) is 16.8. The number of aliphatic hydroxyl groups is 2. The molecule has 192 valence electrons. The number of carbonyl (C=O) groups excluding carboxylic acids is 1. The van der Waals surface area contributed by atoms with Crippen molar-refractivity contribution in [1.82, 2.24) is 14.8 Å². The first-order valence-electron chi connectivity index (χ1n) is 13.1. The average Bonchev–Trinajstić information content (AvgIpc) is 3.40. The van der Waals surface area contributed by atoms with Gasteiger partial charge in [-0.05, 0) is 90.9 Å². The molecule has 4 aliphatic carbocycles. The van der Waals surface area contributed by atoms with Crippen LogP contribution >= 0.6 is 11.8 Å². The number of allylic oxidation sites excluding steroid dienone is 1. The van der Waals surface area contributed by atoms with E-state index in [1.165, 1.54) is 29.6 Å². The predicted octanol–water partition coefficient (Wildman–Crippen LogP) is 4.43. The van der Waals surface area contributed by atoms with Gasteiger partial charge in [-0.15, -0.1) is 0 Å². The first-order valence-corrected chi connectivity index (χ1v) is 14.1. The van der Waals surface area contributed by atoms with E-state index in [4.69, 9.17) is 0 Å². The maximum Gasteiger partial charge on any atom is 0.212 e. The fourth-order valence-electron chi connectivity index (χ4n) is 8.52. The number of rotatable bonds is 4. The molecule has 1 unspecified atom stereocenters. The number of pyridine rings is 1. The summed E-state index contributed by atoms with van der Waals surface area (Å²) in [6.45, 7) is 4.57. The third-order valence-electron chi connectivity index (χ3n) is 10.00. The van der Waals surface area contributed by atoms with Gasteiger partial charge in [0.05, 0.1) is 36.5 Å². The molecule has 2 heterocycles. The van der Waals surface area contributed by atoms with E-state index in [1.54, 1.807) is 6.07 Å². The highest BCUT2D eigenvalue weighted by molar-refractivity contribution is 8.13. The van der Waals surface area contributed by atoms with Gasteiger partial charge in [-0.25, -0.2) is 9.67 Å². The van der Waals surface area contributed by atoms with Gasteiger partial charge in [0.15, 0.2) is 5.12 Å². The molecule has 4 aliphatic rings. The molecule has 3 fully saturated rings. The minimum Gasteiger partial charge on any atom is -0.396 e. The number of thioether (sulfide) groups is 1. The lowest BCUT2D eigenvalue weighted by Gasteiger charge is -2.59. The molecule has 7 atom stereocenters. The number of hydrogen-bond acceptors (Lipinski definition) is 6. The first kappa shape index (κ1) is 24.3. The van der Waals surface area contributed by atoms with E-state index in [0.717, 1.165) is 49.0 Å². The third-order valence-corrected chi connectivity index (χ3v) is 11.0. The van der Waals surface area contributed by atoms with Crippen LogP contribution in [0.15, 0.2) is 30.1 Å². The van der Waals surface area contributed by atoms with Crippen LogP contribution in [0.4, 0.5) is 4.39 Å². The number of nitrogens with zero attached hydrogens (tertiary/aromatic N) is 3. The van der Waals surface area contributed by atoms with Crippen molar-refractivity contribution in [3.05, 3.63) is 47.3 Å². The second-order valence-corrected chi connectivity index (χ2v) is 12.8. The topological polar surface area (TPSA) is 88.2 Å². The van der Waals surface area contributed by atoms with Gasteiger partial charge in [0.2, 0.25) is 5.95 Å². The highest BCUT2D eigenvalue weighted by Gasteiger charge is 2.63. The molecule has 0 radical (unpaired) electrons. The highest BCUT2D eigenvalue weighted by Crippen LogP contribution is 2.67. The lowest BCUT2D eigenvalue weighted by Crippen LogP contribution is -2.57. The summed E-state index contributed by atoms with van der Waals surface area (Å²) in [5, 5.41) is 25.7. The molecule has 2 aromatic heterocycles. The van der Waals surface area contributed by atoms with Crippen molar-refractivity contribution in [1.29, 1.82) is 0 Å². The van der Waals surface area contributed by atoms with Crippen molar-refractivity contribution in [2.45, 2.75) is 58.5 Å². The van der Waals surface area contributed by atoms with Crippen molar-refractivity contribution >= 4 is 23.0 Å². The van der Waals surface area contributed by atoms with E-state index in [1.807, 2.05) is 10.9 Å². The SMILES string of the molecule is C[C@]12Cc3cnn(-c4ccc(F)nc4)c3C=C1CC[C@@H]1[C@@H]2[C@@H](O)C[C@@]2(C)C(C(=O)SCCO)CC[C@@H]12. The van der Waals surface area contributed by atoms with Gasteiger partial charge in [-0.2, -0.15) is 9.49 Å². The summed E-state index contributed by atoms with van der Waals surface area (Å²) >= 11 is 1.26. The normalized spacial score (nSPS) is 36.9. The van der Waals surface area contributed by atoms with Gasteiger partial charge in [-0.3, -0.25) is 4.79 Å². The van der Waals surface area contributed by atoms with Crippen molar-refractivity contribution in [3.63, 3.8) is 0 Å². The molecular formula is C28H34FN3O3S. The molecular weight excluding hydrogens is 477 g/mol. The summed E-state index contributed by atoms with van der Waals surface area (Å²) in [7, 11) is 0. The van der Waals surface area contributed by atoms with E-state index < -0.39 is 12.1 Å². The van der Waals surface area contributed by atoms with E-state index in [9.17, 15) is 19.4 Å². The van der Waals surface area contributed by atoms with Gasteiger partial charge < -0.3 is 10.2 Å². The Morgan fingerprint density at radius 2 is 2.08 bits per heavy atom. The minimum atomic E-state index is -0.509. The zero-order valence-electron chi connectivity index (χ0n) is 20.9. The Morgan fingerprint density at radius 1 is 1.25 bits per heavy atom. The lowest BCUT2D eigenvalue weighted by atomic mass is 9.46. The Morgan fingerprint density at radius 3 is 2.83 bits per heavy atom. The molecule has 36 heavy (non-hydrogen) atoms. The first-order chi connectivity index (χ1) is 17.3. The van der Waals surface area contributed by atoms with Crippen LogP contribution in [0.2, 0.25) is 0 Å². The quantitative estimate of drug-likeness (QED) is 0.591. The monoisotopic (exact) mass is 511 g/mol. The van der Waals surface area contributed by atoms with Gasteiger partial charge in [0.1, 0.15) is 0 Å². The second-order valence-electron chi connectivity index (χ2n) is 11.7. The molecule has 0 aliphatic heterocycles. The molecule has 3 saturated carbocycles. The summed E-state index contributed by atoms with van der Waals surface area (Å²) in [5.74, 6) is 0.867. The number of aliphatic hydroxyl groups excluding tert-OH is 2. The summed E-state index contributed by atoms with van der Waals surface area (Å²) in [6, 6.07) is 3.05. The number of hydrogen-bond donors (Lipinski definition) is 2. The molecule has 2 aromatic rings. The minimum absolute atomic E-state index is 0.0142. The molecule has 2 N–H and O–H groups in total. The third kappa shape index (κ3) is 3.55. The highest BCUT2D eigenvalue weighted by atomic mass is 32.2. The number of halogens is 1. The molecule has 6 rings (SSSR count). The van der Waals surface area contributed by atoms with Gasteiger partial charge >= 0.3 is 0 Å². The summed E-state index contributed by atoms with van der Waals surface area (Å²) in [6.07, 6.45) is 10.6. The smallest absolute Gasteiger partial charge is 0.212 e. The van der Waals surface area contributed by atoms with Crippen LogP contribution in [-0.4, -0.2) is 48.6 Å². The van der Waals surface area contributed by atoms with Crippen LogP contribution < -0.4 is 0 Å². The Labute approximate surface area is 215 Å². The summed E-state index contributed by atoms with van der Waals surface area (Å²) in [5.41, 5.74) is 3.93. The molecule has 0 bridgehead atoms.